The van der Waals surface area contributed by atoms with E-state index in [1.807, 2.05) is 19.9 Å². The lowest BCUT2D eigenvalue weighted by Gasteiger charge is -2.36. The van der Waals surface area contributed by atoms with Gasteiger partial charge in [-0.25, -0.2) is 0 Å². The summed E-state index contributed by atoms with van der Waals surface area (Å²) in [5.41, 5.74) is 2.19. The van der Waals surface area contributed by atoms with Crippen molar-refractivity contribution in [3.8, 4) is 0 Å². The van der Waals surface area contributed by atoms with E-state index < -0.39 is 0 Å². The Kier molecular flexibility index (Phi) is 6.55. The highest BCUT2D eigenvalue weighted by atomic mass is 35.5. The summed E-state index contributed by atoms with van der Waals surface area (Å²) in [6.45, 7) is 9.18. The fraction of sp³-hybridized carbons (Fsp3) is 0.667. The maximum absolute atomic E-state index is 12.5. The fourth-order valence-corrected chi connectivity index (χ4v) is 2.81. The van der Waals surface area contributed by atoms with Gasteiger partial charge in [0.05, 0.1) is 17.0 Å². The number of amides is 1. The number of aromatic nitrogens is 2. The minimum atomic E-state index is -0.0350. The number of carbonyl (C=O) groups excluding carboxylic acids is 1. The molecule has 0 bridgehead atoms. The smallest absolute Gasteiger partial charge is 0.253 e. The molecule has 1 saturated heterocycles. The van der Waals surface area contributed by atoms with Gasteiger partial charge >= 0.3 is 0 Å². The molecule has 1 aliphatic rings. The van der Waals surface area contributed by atoms with E-state index in [1.54, 1.807) is 0 Å². The molecule has 2 rings (SSSR count). The third kappa shape index (κ3) is 4.14. The molecule has 1 amide bonds. The second kappa shape index (κ2) is 7.71. The molecule has 1 aromatic rings. The number of aryl methyl sites for hydroxylation is 2. The van der Waals surface area contributed by atoms with E-state index in [-0.39, 0.29) is 24.4 Å². The van der Waals surface area contributed by atoms with E-state index in [0.29, 0.717) is 23.9 Å². The lowest BCUT2D eigenvalue weighted by Crippen LogP contribution is -2.56. The van der Waals surface area contributed by atoms with Crippen LogP contribution in [0.4, 0.5) is 0 Å². The Hall–Kier alpha value is -1.20. The van der Waals surface area contributed by atoms with Crippen LogP contribution in [0.1, 0.15) is 48.9 Å². The van der Waals surface area contributed by atoms with E-state index in [0.717, 1.165) is 24.4 Å². The van der Waals surface area contributed by atoms with Crippen molar-refractivity contribution in [2.24, 2.45) is 5.92 Å². The first-order valence-corrected chi connectivity index (χ1v) is 7.40. The van der Waals surface area contributed by atoms with Crippen LogP contribution in [0, 0.1) is 12.8 Å². The van der Waals surface area contributed by atoms with Gasteiger partial charge in [0.25, 0.3) is 5.91 Å². The van der Waals surface area contributed by atoms with Crippen LogP contribution in [0.5, 0.6) is 0 Å². The second-order valence-corrected chi connectivity index (χ2v) is 5.71. The van der Waals surface area contributed by atoms with Gasteiger partial charge < -0.3 is 10.6 Å². The normalized spacial score (nSPS) is 25.0. The Morgan fingerprint density at radius 1 is 1.43 bits per heavy atom. The highest BCUT2D eigenvalue weighted by Crippen LogP contribution is 2.17. The molecule has 1 aromatic heterocycles. The number of nitrogens with zero attached hydrogens (tertiary/aromatic N) is 2. The molecule has 1 aliphatic heterocycles. The molecule has 2 heterocycles. The first kappa shape index (κ1) is 17.9. The van der Waals surface area contributed by atoms with Gasteiger partial charge in [0.1, 0.15) is 0 Å². The molecule has 0 radical (unpaired) electrons. The van der Waals surface area contributed by atoms with Crippen molar-refractivity contribution >= 4 is 18.3 Å². The molecule has 3 atom stereocenters. The molecule has 5 nitrogen and oxygen atoms in total. The zero-order chi connectivity index (χ0) is 14.7. The Bertz CT molecular complexity index is 485. The van der Waals surface area contributed by atoms with Crippen LogP contribution in [0.2, 0.25) is 0 Å². The summed E-state index contributed by atoms with van der Waals surface area (Å²) in [6.07, 6.45) is 1.80. The van der Waals surface area contributed by atoms with Gasteiger partial charge in [-0.3, -0.25) is 4.79 Å². The lowest BCUT2D eigenvalue weighted by atomic mass is 9.89. The van der Waals surface area contributed by atoms with Crippen molar-refractivity contribution in [3.05, 3.63) is 23.0 Å². The van der Waals surface area contributed by atoms with Crippen molar-refractivity contribution in [1.82, 2.24) is 20.8 Å². The van der Waals surface area contributed by atoms with Crippen molar-refractivity contribution in [3.63, 3.8) is 0 Å². The molecule has 2 N–H and O–H groups in total. The molecule has 0 saturated carbocycles. The van der Waals surface area contributed by atoms with Gasteiger partial charge in [0, 0.05) is 12.1 Å². The van der Waals surface area contributed by atoms with Gasteiger partial charge in [-0.1, -0.05) is 13.8 Å². The summed E-state index contributed by atoms with van der Waals surface area (Å²) in [7, 11) is 0. The van der Waals surface area contributed by atoms with Crippen LogP contribution in [0.25, 0.3) is 0 Å². The number of nitrogens with one attached hydrogen (secondary N) is 2. The second-order valence-electron chi connectivity index (χ2n) is 5.71. The van der Waals surface area contributed by atoms with Gasteiger partial charge in [0.15, 0.2) is 0 Å². The van der Waals surface area contributed by atoms with Crippen molar-refractivity contribution in [2.75, 3.05) is 6.54 Å². The van der Waals surface area contributed by atoms with Gasteiger partial charge in [-0.05, 0) is 45.2 Å². The Morgan fingerprint density at radius 2 is 2.14 bits per heavy atom. The van der Waals surface area contributed by atoms with E-state index >= 15 is 0 Å². The van der Waals surface area contributed by atoms with Gasteiger partial charge in [0.2, 0.25) is 0 Å². The van der Waals surface area contributed by atoms with Crippen LogP contribution in [0.15, 0.2) is 6.07 Å². The molecule has 118 valence electrons. The maximum atomic E-state index is 12.5. The summed E-state index contributed by atoms with van der Waals surface area (Å²) in [4.78, 5) is 12.5. The largest absolute Gasteiger partial charge is 0.347 e. The minimum absolute atomic E-state index is 0. The SMILES string of the molecule is CCc1nnc(C)cc1C(=O)NC1C(C)CCNC1C.Cl. The van der Waals surface area contributed by atoms with Gasteiger partial charge in [-0.15, -0.1) is 12.4 Å². The summed E-state index contributed by atoms with van der Waals surface area (Å²) < 4.78 is 0. The van der Waals surface area contributed by atoms with Crippen molar-refractivity contribution < 1.29 is 4.79 Å². The fourth-order valence-electron chi connectivity index (χ4n) is 2.81. The first-order chi connectivity index (χ1) is 9.52. The van der Waals surface area contributed by atoms with Crippen LogP contribution in [0.3, 0.4) is 0 Å². The number of rotatable bonds is 3. The van der Waals surface area contributed by atoms with Gasteiger partial charge in [-0.2, -0.15) is 10.2 Å². The number of hydrogen-bond acceptors (Lipinski definition) is 4. The van der Waals surface area contributed by atoms with E-state index in [9.17, 15) is 4.79 Å². The molecule has 0 spiro atoms. The minimum Gasteiger partial charge on any atom is -0.347 e. The first-order valence-electron chi connectivity index (χ1n) is 7.40. The molecular formula is C15H25ClN4O. The van der Waals surface area contributed by atoms with Crippen LogP contribution >= 0.6 is 12.4 Å². The molecule has 6 heteroatoms. The highest BCUT2D eigenvalue weighted by Gasteiger charge is 2.29. The third-order valence-corrected chi connectivity index (χ3v) is 4.09. The predicted molar refractivity (Wildman–Crippen MR) is 85.9 cm³/mol. The summed E-state index contributed by atoms with van der Waals surface area (Å²) in [5.74, 6) is 0.448. The van der Waals surface area contributed by atoms with Crippen LogP contribution in [-0.4, -0.2) is 34.7 Å². The quantitative estimate of drug-likeness (QED) is 0.894. The molecule has 3 unspecified atom stereocenters. The monoisotopic (exact) mass is 312 g/mol. The lowest BCUT2D eigenvalue weighted by molar-refractivity contribution is 0.0896. The van der Waals surface area contributed by atoms with Crippen molar-refractivity contribution in [2.45, 2.75) is 52.6 Å². The number of halogens is 1. The summed E-state index contributed by atoms with van der Waals surface area (Å²) >= 11 is 0. The molecule has 0 aliphatic carbocycles. The standard InChI is InChI=1S/C15H24N4O.ClH/c1-5-13-12(8-10(3)18-19-13)15(20)17-14-9(2)6-7-16-11(14)4;/h8-9,11,14,16H,5-7H2,1-4H3,(H,17,20);1H. The van der Waals surface area contributed by atoms with E-state index in [1.165, 1.54) is 0 Å². The number of hydrogen-bond donors (Lipinski definition) is 2. The van der Waals surface area contributed by atoms with Crippen molar-refractivity contribution in [1.29, 1.82) is 0 Å². The van der Waals surface area contributed by atoms with Crippen LogP contribution < -0.4 is 10.6 Å². The Labute approximate surface area is 132 Å². The predicted octanol–water partition coefficient (Wildman–Crippen LogP) is 1.89. The average molecular weight is 313 g/mol. The maximum Gasteiger partial charge on any atom is 0.253 e. The molecule has 21 heavy (non-hydrogen) atoms. The Morgan fingerprint density at radius 3 is 2.76 bits per heavy atom. The molecule has 1 fully saturated rings. The van der Waals surface area contributed by atoms with E-state index in [4.69, 9.17) is 0 Å². The number of piperidine rings is 1. The zero-order valence-electron chi connectivity index (χ0n) is 13.1. The zero-order valence-corrected chi connectivity index (χ0v) is 14.0. The molecular weight excluding hydrogens is 288 g/mol. The summed E-state index contributed by atoms with van der Waals surface area (Å²) in [6, 6.07) is 2.28. The highest BCUT2D eigenvalue weighted by molar-refractivity contribution is 5.95. The summed E-state index contributed by atoms with van der Waals surface area (Å²) in [5, 5.41) is 14.7. The topological polar surface area (TPSA) is 66.9 Å². The third-order valence-electron chi connectivity index (χ3n) is 4.09. The molecule has 0 aromatic carbocycles. The van der Waals surface area contributed by atoms with E-state index in [2.05, 4.69) is 34.7 Å². The Balaban J connectivity index is 0.00000220. The van der Waals surface area contributed by atoms with Crippen LogP contribution in [-0.2, 0) is 6.42 Å². The number of carbonyl (C=O) groups is 1. The average Bonchev–Trinajstić information content (AvgIpc) is 2.43.